The molecule has 1 aromatic heterocycles. The molecule has 0 bridgehead atoms. The van der Waals surface area contributed by atoms with Crippen LogP contribution >= 0.6 is 0 Å². The SMILES string of the molecule is Nc1ccc(OCC2CC2)nn1. The molecular formula is C8H11N3O. The summed E-state index contributed by atoms with van der Waals surface area (Å²) in [6.45, 7) is 0.762. The topological polar surface area (TPSA) is 61.0 Å². The van der Waals surface area contributed by atoms with Crippen molar-refractivity contribution in [3.8, 4) is 5.88 Å². The van der Waals surface area contributed by atoms with Gasteiger partial charge in [-0.25, -0.2) is 0 Å². The molecule has 64 valence electrons. The second-order valence-electron chi connectivity index (χ2n) is 3.05. The number of aromatic nitrogens is 2. The molecule has 0 aliphatic heterocycles. The maximum absolute atomic E-state index is 5.37. The van der Waals surface area contributed by atoms with Crippen molar-refractivity contribution in [2.24, 2.45) is 5.92 Å². The van der Waals surface area contributed by atoms with E-state index >= 15 is 0 Å². The highest BCUT2D eigenvalue weighted by Crippen LogP contribution is 2.29. The van der Waals surface area contributed by atoms with Crippen LogP contribution in [0.25, 0.3) is 0 Å². The van der Waals surface area contributed by atoms with Crippen LogP contribution in [0.2, 0.25) is 0 Å². The molecule has 4 nitrogen and oxygen atoms in total. The number of hydrogen-bond donors (Lipinski definition) is 1. The minimum Gasteiger partial charge on any atom is -0.476 e. The van der Waals surface area contributed by atoms with Crippen molar-refractivity contribution in [2.75, 3.05) is 12.3 Å². The molecule has 0 radical (unpaired) electrons. The van der Waals surface area contributed by atoms with Crippen LogP contribution in [0.3, 0.4) is 0 Å². The van der Waals surface area contributed by atoms with E-state index in [0.717, 1.165) is 12.5 Å². The number of anilines is 1. The van der Waals surface area contributed by atoms with Gasteiger partial charge in [0.2, 0.25) is 5.88 Å². The molecule has 1 aliphatic carbocycles. The minimum absolute atomic E-state index is 0.425. The Morgan fingerprint density at radius 2 is 2.25 bits per heavy atom. The van der Waals surface area contributed by atoms with Gasteiger partial charge in [0, 0.05) is 6.07 Å². The lowest BCUT2D eigenvalue weighted by Crippen LogP contribution is -2.02. The molecule has 0 aromatic carbocycles. The van der Waals surface area contributed by atoms with Gasteiger partial charge in [-0.3, -0.25) is 0 Å². The van der Waals surface area contributed by atoms with Crippen molar-refractivity contribution >= 4 is 5.82 Å². The van der Waals surface area contributed by atoms with Crippen molar-refractivity contribution in [1.82, 2.24) is 10.2 Å². The van der Waals surface area contributed by atoms with Crippen molar-refractivity contribution in [2.45, 2.75) is 12.8 Å². The molecule has 2 rings (SSSR count). The number of hydrogen-bond acceptors (Lipinski definition) is 4. The van der Waals surface area contributed by atoms with Crippen molar-refractivity contribution in [1.29, 1.82) is 0 Å². The standard InChI is InChI=1S/C8H11N3O/c9-7-3-4-8(11-10-7)12-5-6-1-2-6/h3-4,6H,1-2,5H2,(H2,9,10). The molecule has 0 atom stereocenters. The molecule has 4 heteroatoms. The van der Waals surface area contributed by atoms with Gasteiger partial charge in [-0.05, 0) is 24.8 Å². The highest BCUT2D eigenvalue weighted by atomic mass is 16.5. The smallest absolute Gasteiger partial charge is 0.233 e. The van der Waals surface area contributed by atoms with Gasteiger partial charge < -0.3 is 10.5 Å². The van der Waals surface area contributed by atoms with Gasteiger partial charge in [-0.15, -0.1) is 10.2 Å². The third kappa shape index (κ3) is 1.84. The Morgan fingerprint density at radius 1 is 1.42 bits per heavy atom. The average Bonchev–Trinajstić information content (AvgIpc) is 2.87. The molecule has 1 saturated carbocycles. The zero-order chi connectivity index (χ0) is 8.39. The summed E-state index contributed by atoms with van der Waals surface area (Å²) in [5.74, 6) is 1.73. The Morgan fingerprint density at radius 3 is 2.83 bits per heavy atom. The molecule has 2 N–H and O–H groups in total. The van der Waals surface area contributed by atoms with Crippen molar-refractivity contribution in [3.63, 3.8) is 0 Å². The van der Waals surface area contributed by atoms with E-state index in [-0.39, 0.29) is 0 Å². The normalized spacial score (nSPS) is 16.0. The van der Waals surface area contributed by atoms with Crippen LogP contribution in [0.5, 0.6) is 5.88 Å². The summed E-state index contributed by atoms with van der Waals surface area (Å²) in [4.78, 5) is 0. The molecule has 1 aliphatic rings. The van der Waals surface area contributed by atoms with Gasteiger partial charge in [-0.2, -0.15) is 0 Å². The fraction of sp³-hybridized carbons (Fsp3) is 0.500. The van der Waals surface area contributed by atoms with E-state index in [1.807, 2.05) is 0 Å². The van der Waals surface area contributed by atoms with Crippen LogP contribution in [0, 0.1) is 5.92 Å². The molecule has 0 spiro atoms. The first kappa shape index (κ1) is 7.34. The molecule has 0 amide bonds. The van der Waals surface area contributed by atoms with Crippen LogP contribution in [0.4, 0.5) is 5.82 Å². The highest BCUT2D eigenvalue weighted by molar-refractivity contribution is 5.27. The lowest BCUT2D eigenvalue weighted by Gasteiger charge is -2.01. The second kappa shape index (κ2) is 2.97. The maximum Gasteiger partial charge on any atom is 0.233 e. The van der Waals surface area contributed by atoms with Crippen molar-refractivity contribution < 1.29 is 4.74 Å². The average molecular weight is 165 g/mol. The summed E-state index contributed by atoms with van der Waals surface area (Å²) < 4.78 is 5.36. The molecular weight excluding hydrogens is 154 g/mol. The minimum atomic E-state index is 0.425. The molecule has 1 fully saturated rings. The Bertz CT molecular complexity index is 256. The van der Waals surface area contributed by atoms with Crippen LogP contribution in [-0.2, 0) is 0 Å². The third-order valence-electron chi connectivity index (χ3n) is 1.82. The monoisotopic (exact) mass is 165 g/mol. The summed E-state index contributed by atoms with van der Waals surface area (Å²) in [5.41, 5.74) is 5.37. The predicted molar refractivity (Wildman–Crippen MR) is 44.7 cm³/mol. The first-order valence-corrected chi connectivity index (χ1v) is 4.06. The molecule has 1 aromatic rings. The summed E-state index contributed by atoms with van der Waals surface area (Å²) in [6.07, 6.45) is 2.56. The zero-order valence-corrected chi connectivity index (χ0v) is 6.73. The van der Waals surface area contributed by atoms with E-state index < -0.39 is 0 Å². The molecule has 12 heavy (non-hydrogen) atoms. The van der Waals surface area contributed by atoms with Gasteiger partial charge >= 0.3 is 0 Å². The number of nitrogens with two attached hydrogens (primary N) is 1. The molecule has 1 heterocycles. The first-order valence-electron chi connectivity index (χ1n) is 4.06. The molecule has 0 saturated heterocycles. The van der Waals surface area contributed by atoms with Gasteiger partial charge in [0.05, 0.1) is 6.61 Å². The summed E-state index contributed by atoms with van der Waals surface area (Å²) in [5, 5.41) is 7.46. The number of nitrogen functional groups attached to an aromatic ring is 1. The van der Waals surface area contributed by atoms with E-state index in [1.165, 1.54) is 12.8 Å². The van der Waals surface area contributed by atoms with Crippen LogP contribution in [0.15, 0.2) is 12.1 Å². The highest BCUT2D eigenvalue weighted by Gasteiger charge is 2.21. The van der Waals surface area contributed by atoms with Gasteiger partial charge in [-0.1, -0.05) is 0 Å². The Kier molecular flexibility index (Phi) is 1.81. The maximum atomic E-state index is 5.37. The fourth-order valence-electron chi connectivity index (χ4n) is 0.895. The lowest BCUT2D eigenvalue weighted by molar-refractivity contribution is 0.285. The summed E-state index contributed by atoms with van der Waals surface area (Å²) in [6, 6.07) is 3.43. The van der Waals surface area contributed by atoms with E-state index in [4.69, 9.17) is 10.5 Å². The van der Waals surface area contributed by atoms with Crippen LogP contribution < -0.4 is 10.5 Å². The quantitative estimate of drug-likeness (QED) is 0.721. The van der Waals surface area contributed by atoms with Gasteiger partial charge in [0.1, 0.15) is 5.82 Å². The summed E-state index contributed by atoms with van der Waals surface area (Å²) >= 11 is 0. The van der Waals surface area contributed by atoms with Gasteiger partial charge in [0.25, 0.3) is 0 Å². The number of nitrogens with zero attached hydrogens (tertiary/aromatic N) is 2. The Balaban J connectivity index is 1.89. The van der Waals surface area contributed by atoms with E-state index in [2.05, 4.69) is 10.2 Å². The lowest BCUT2D eigenvalue weighted by atomic mass is 10.5. The third-order valence-corrected chi connectivity index (χ3v) is 1.82. The number of ether oxygens (including phenoxy) is 1. The fourth-order valence-corrected chi connectivity index (χ4v) is 0.895. The Hall–Kier alpha value is -1.32. The molecule has 0 unspecified atom stereocenters. The largest absolute Gasteiger partial charge is 0.476 e. The summed E-state index contributed by atoms with van der Waals surface area (Å²) in [7, 11) is 0. The zero-order valence-electron chi connectivity index (χ0n) is 6.73. The van der Waals surface area contributed by atoms with Gasteiger partial charge in [0.15, 0.2) is 0 Å². The van der Waals surface area contributed by atoms with Crippen LogP contribution in [0.1, 0.15) is 12.8 Å². The predicted octanol–water partition coefficient (Wildman–Crippen LogP) is 0.848. The van der Waals surface area contributed by atoms with E-state index in [1.54, 1.807) is 12.1 Å². The van der Waals surface area contributed by atoms with Crippen molar-refractivity contribution in [3.05, 3.63) is 12.1 Å². The Labute approximate surface area is 70.7 Å². The van der Waals surface area contributed by atoms with E-state index in [9.17, 15) is 0 Å². The number of rotatable bonds is 3. The van der Waals surface area contributed by atoms with Crippen LogP contribution in [-0.4, -0.2) is 16.8 Å². The van der Waals surface area contributed by atoms with E-state index in [0.29, 0.717) is 11.7 Å². The first-order chi connectivity index (χ1) is 5.84. The second-order valence-corrected chi connectivity index (χ2v) is 3.05.